The van der Waals surface area contributed by atoms with Crippen LogP contribution < -0.4 is 5.56 Å². The Balaban J connectivity index is 1.75. The lowest BCUT2D eigenvalue weighted by atomic mass is 9.76. The van der Waals surface area contributed by atoms with Crippen LogP contribution in [0.2, 0.25) is 0 Å². The van der Waals surface area contributed by atoms with E-state index in [1.54, 1.807) is 18.4 Å². The van der Waals surface area contributed by atoms with Gasteiger partial charge in [-0.05, 0) is 31.0 Å². The number of ether oxygens (including phenoxy) is 1. The lowest BCUT2D eigenvalue weighted by Gasteiger charge is -2.37. The molecule has 1 aromatic carbocycles. The second-order valence-electron chi connectivity index (χ2n) is 8.68. The number of Topliss-reactive ketones (excluding diaryl/α,β-unsaturated/α-hetero) is 1. The first-order valence-electron chi connectivity index (χ1n) is 10.8. The van der Waals surface area contributed by atoms with E-state index in [1.165, 1.54) is 0 Å². The fourth-order valence-corrected chi connectivity index (χ4v) is 4.77. The van der Waals surface area contributed by atoms with Crippen molar-refractivity contribution in [2.24, 2.45) is 5.92 Å². The van der Waals surface area contributed by atoms with Gasteiger partial charge in [-0.3, -0.25) is 14.4 Å². The number of pyridine rings is 2. The third kappa shape index (κ3) is 2.77. The highest BCUT2D eigenvalue weighted by Gasteiger charge is 2.48. The van der Waals surface area contributed by atoms with E-state index in [9.17, 15) is 14.4 Å². The second-order valence-corrected chi connectivity index (χ2v) is 8.68. The predicted octanol–water partition coefficient (Wildman–Crippen LogP) is 3.75. The van der Waals surface area contributed by atoms with Crippen molar-refractivity contribution >= 4 is 22.7 Å². The topological polar surface area (TPSA) is 78.3 Å². The van der Waals surface area contributed by atoms with Gasteiger partial charge in [-0.1, -0.05) is 39.0 Å². The Labute approximate surface area is 179 Å². The number of para-hydroxylation sites is 1. The zero-order chi connectivity index (χ0) is 21.9. The van der Waals surface area contributed by atoms with Crippen LogP contribution >= 0.6 is 0 Å². The smallest absolute Gasteiger partial charge is 0.309 e. The van der Waals surface area contributed by atoms with Gasteiger partial charge < -0.3 is 9.30 Å². The zero-order valence-electron chi connectivity index (χ0n) is 17.9. The van der Waals surface area contributed by atoms with E-state index in [1.807, 2.05) is 37.3 Å². The molecule has 0 fully saturated rings. The molecular formula is C25H24N2O4. The molecule has 3 heterocycles. The number of ketones is 1. The maximum Gasteiger partial charge on any atom is 0.309 e. The standard InChI is InChI=1S/C25H24N2O4/c1-4-25(31-24(30)14(2)3)18-12-20-22-16(11-15-7-5-6-8-19(15)26-22)13-27(20)23(29)17(18)9-10-21(25)28/h5-8,11-12,14H,4,9-10,13H2,1-3H3/t25-/m0/s1. The molecule has 2 aromatic heterocycles. The molecule has 31 heavy (non-hydrogen) atoms. The quantitative estimate of drug-likeness (QED) is 0.476. The largest absolute Gasteiger partial charge is 0.446 e. The van der Waals surface area contributed by atoms with E-state index >= 15 is 0 Å². The molecule has 0 bridgehead atoms. The molecule has 0 unspecified atom stereocenters. The Bertz CT molecular complexity index is 1320. The summed E-state index contributed by atoms with van der Waals surface area (Å²) in [7, 11) is 0. The summed E-state index contributed by atoms with van der Waals surface area (Å²) in [5, 5.41) is 1.02. The van der Waals surface area contributed by atoms with Gasteiger partial charge in [-0.2, -0.15) is 0 Å². The molecule has 1 atom stereocenters. The van der Waals surface area contributed by atoms with Crippen LogP contribution in [0.4, 0.5) is 0 Å². The number of benzene rings is 1. The molecule has 1 aliphatic carbocycles. The van der Waals surface area contributed by atoms with Gasteiger partial charge in [-0.25, -0.2) is 4.98 Å². The molecule has 0 spiro atoms. The van der Waals surface area contributed by atoms with E-state index in [0.29, 0.717) is 29.8 Å². The summed E-state index contributed by atoms with van der Waals surface area (Å²) in [6, 6.07) is 11.8. The van der Waals surface area contributed by atoms with Gasteiger partial charge in [-0.15, -0.1) is 0 Å². The van der Waals surface area contributed by atoms with Gasteiger partial charge >= 0.3 is 5.97 Å². The van der Waals surface area contributed by atoms with Crippen molar-refractivity contribution in [2.45, 2.75) is 52.2 Å². The number of esters is 1. The van der Waals surface area contributed by atoms with Gasteiger partial charge in [0.25, 0.3) is 5.56 Å². The number of carbonyl (C=O) groups excluding carboxylic acids is 2. The predicted molar refractivity (Wildman–Crippen MR) is 117 cm³/mol. The monoisotopic (exact) mass is 416 g/mol. The number of nitrogens with zero attached hydrogens (tertiary/aromatic N) is 2. The summed E-state index contributed by atoms with van der Waals surface area (Å²) in [6.45, 7) is 5.75. The SMILES string of the molecule is CC[C@@]1(OC(=O)C(C)C)C(=O)CCc2c1cc1n(c2=O)Cc2cc3ccccc3nc2-1. The molecule has 0 saturated carbocycles. The molecule has 158 valence electrons. The van der Waals surface area contributed by atoms with Crippen molar-refractivity contribution in [3.05, 3.63) is 63.4 Å². The molecule has 0 saturated heterocycles. The lowest BCUT2D eigenvalue weighted by molar-refractivity contribution is -0.173. The average Bonchev–Trinajstić information content (AvgIpc) is 3.12. The van der Waals surface area contributed by atoms with Gasteiger partial charge in [0.15, 0.2) is 11.4 Å². The summed E-state index contributed by atoms with van der Waals surface area (Å²) >= 11 is 0. The maximum absolute atomic E-state index is 13.5. The third-order valence-corrected chi connectivity index (χ3v) is 6.51. The minimum Gasteiger partial charge on any atom is -0.446 e. The van der Waals surface area contributed by atoms with Crippen molar-refractivity contribution in [2.75, 3.05) is 0 Å². The average molecular weight is 416 g/mol. The summed E-state index contributed by atoms with van der Waals surface area (Å²) in [6.07, 6.45) is 0.841. The molecule has 1 aliphatic heterocycles. The van der Waals surface area contributed by atoms with Gasteiger partial charge in [0.2, 0.25) is 0 Å². The Hall–Kier alpha value is -3.28. The fraction of sp³-hybridized carbons (Fsp3) is 0.360. The van der Waals surface area contributed by atoms with Gasteiger partial charge in [0, 0.05) is 28.5 Å². The second kappa shape index (κ2) is 6.87. The number of hydrogen-bond donors (Lipinski definition) is 0. The Morgan fingerprint density at radius 3 is 2.71 bits per heavy atom. The molecule has 3 aromatic rings. The van der Waals surface area contributed by atoms with Crippen molar-refractivity contribution in [3.63, 3.8) is 0 Å². The van der Waals surface area contributed by atoms with Crippen LogP contribution in [0, 0.1) is 5.92 Å². The van der Waals surface area contributed by atoms with E-state index in [0.717, 1.165) is 22.2 Å². The van der Waals surface area contributed by atoms with Crippen LogP contribution in [0.1, 0.15) is 50.3 Å². The van der Waals surface area contributed by atoms with Crippen molar-refractivity contribution in [1.29, 1.82) is 0 Å². The highest BCUT2D eigenvalue weighted by atomic mass is 16.6. The molecule has 6 heteroatoms. The molecule has 2 aliphatic rings. The normalized spacial score (nSPS) is 19.3. The number of aromatic nitrogens is 2. The first-order valence-corrected chi connectivity index (χ1v) is 10.8. The Morgan fingerprint density at radius 2 is 1.97 bits per heavy atom. The maximum atomic E-state index is 13.5. The molecule has 0 N–H and O–H groups in total. The van der Waals surface area contributed by atoms with Crippen molar-refractivity contribution in [3.8, 4) is 11.4 Å². The molecular weight excluding hydrogens is 392 g/mol. The van der Waals surface area contributed by atoms with Gasteiger partial charge in [0.1, 0.15) is 0 Å². The van der Waals surface area contributed by atoms with Crippen LogP contribution in [-0.2, 0) is 32.9 Å². The molecule has 6 nitrogen and oxygen atoms in total. The molecule has 0 radical (unpaired) electrons. The number of fused-ring (bicyclic) bond motifs is 5. The summed E-state index contributed by atoms with van der Waals surface area (Å²) < 4.78 is 7.58. The fourth-order valence-electron chi connectivity index (χ4n) is 4.77. The number of carbonyl (C=O) groups is 2. The zero-order valence-corrected chi connectivity index (χ0v) is 17.9. The van der Waals surface area contributed by atoms with Crippen molar-refractivity contribution < 1.29 is 14.3 Å². The van der Waals surface area contributed by atoms with E-state index in [2.05, 4.69) is 6.07 Å². The van der Waals surface area contributed by atoms with E-state index in [4.69, 9.17) is 9.72 Å². The first kappa shape index (κ1) is 19.7. The van der Waals surface area contributed by atoms with Gasteiger partial charge in [0.05, 0.1) is 29.4 Å². The van der Waals surface area contributed by atoms with E-state index < -0.39 is 11.6 Å². The minimum absolute atomic E-state index is 0.125. The van der Waals surface area contributed by atoms with Crippen LogP contribution in [0.5, 0.6) is 0 Å². The number of rotatable bonds is 3. The van der Waals surface area contributed by atoms with Crippen molar-refractivity contribution in [1.82, 2.24) is 9.55 Å². The highest BCUT2D eigenvalue weighted by molar-refractivity contribution is 5.93. The van der Waals surface area contributed by atoms with Crippen LogP contribution in [-0.4, -0.2) is 21.3 Å². The number of hydrogen-bond acceptors (Lipinski definition) is 5. The third-order valence-electron chi connectivity index (χ3n) is 6.51. The van der Waals surface area contributed by atoms with Crippen LogP contribution in [0.3, 0.4) is 0 Å². The Kier molecular flexibility index (Phi) is 4.36. The highest BCUT2D eigenvalue weighted by Crippen LogP contribution is 2.41. The Morgan fingerprint density at radius 1 is 1.19 bits per heavy atom. The van der Waals surface area contributed by atoms with E-state index in [-0.39, 0.29) is 30.1 Å². The summed E-state index contributed by atoms with van der Waals surface area (Å²) in [5.74, 6) is -0.954. The van der Waals surface area contributed by atoms with Crippen LogP contribution in [0.25, 0.3) is 22.3 Å². The summed E-state index contributed by atoms with van der Waals surface area (Å²) in [4.78, 5) is 43.9. The lowest BCUT2D eigenvalue weighted by Crippen LogP contribution is -2.47. The molecule has 0 amide bonds. The first-order chi connectivity index (χ1) is 14.9. The minimum atomic E-state index is -1.41. The summed E-state index contributed by atoms with van der Waals surface area (Å²) in [5.41, 5.74) is 2.81. The molecule has 5 rings (SSSR count). The van der Waals surface area contributed by atoms with Crippen LogP contribution in [0.15, 0.2) is 41.2 Å².